The Morgan fingerprint density at radius 1 is 1.40 bits per heavy atom. The Morgan fingerprint density at radius 2 is 2.05 bits per heavy atom. The van der Waals surface area contributed by atoms with Crippen molar-refractivity contribution in [3.05, 3.63) is 42.5 Å². The highest BCUT2D eigenvalue weighted by Gasteiger charge is 2.13. The van der Waals surface area contributed by atoms with E-state index in [0.717, 1.165) is 0 Å². The quantitative estimate of drug-likeness (QED) is 0.564. The molecule has 20 heavy (non-hydrogen) atoms. The van der Waals surface area contributed by atoms with Crippen molar-refractivity contribution >= 4 is 17.6 Å². The van der Waals surface area contributed by atoms with Gasteiger partial charge in [0.05, 0.1) is 13.0 Å². The molecule has 108 valence electrons. The maximum absolute atomic E-state index is 11.8. The predicted octanol–water partition coefficient (Wildman–Crippen LogP) is 2.23. The number of anilines is 1. The van der Waals surface area contributed by atoms with Gasteiger partial charge in [-0.1, -0.05) is 18.2 Å². The van der Waals surface area contributed by atoms with Gasteiger partial charge in [-0.05, 0) is 31.0 Å². The van der Waals surface area contributed by atoms with Crippen LogP contribution in [0.1, 0.15) is 18.9 Å². The van der Waals surface area contributed by atoms with Crippen molar-refractivity contribution in [3.8, 4) is 0 Å². The van der Waals surface area contributed by atoms with Crippen molar-refractivity contribution in [1.29, 1.82) is 0 Å². The fourth-order valence-electron chi connectivity index (χ4n) is 1.53. The summed E-state index contributed by atoms with van der Waals surface area (Å²) in [5, 5.41) is 11.4. The molecular formula is C15H19NO4. The van der Waals surface area contributed by atoms with Gasteiger partial charge in [0.1, 0.15) is 6.10 Å². The van der Waals surface area contributed by atoms with Gasteiger partial charge < -0.3 is 15.2 Å². The average Bonchev–Trinajstić information content (AvgIpc) is 2.40. The van der Waals surface area contributed by atoms with Gasteiger partial charge in [-0.3, -0.25) is 9.59 Å². The Labute approximate surface area is 118 Å². The SMILES string of the molecule is C=CCCOC(C)C(=O)Nc1ccc(CC(=O)O)cc1. The number of carbonyl (C=O) groups excluding carboxylic acids is 1. The lowest BCUT2D eigenvalue weighted by Crippen LogP contribution is -2.28. The number of hydrogen-bond acceptors (Lipinski definition) is 3. The third kappa shape index (κ3) is 5.67. The second-order valence-corrected chi connectivity index (χ2v) is 4.35. The van der Waals surface area contributed by atoms with Gasteiger partial charge in [0.15, 0.2) is 0 Å². The van der Waals surface area contributed by atoms with Crippen molar-refractivity contribution in [3.63, 3.8) is 0 Å². The van der Waals surface area contributed by atoms with Crippen LogP contribution in [0.4, 0.5) is 5.69 Å². The van der Waals surface area contributed by atoms with E-state index in [9.17, 15) is 9.59 Å². The molecule has 0 aliphatic rings. The van der Waals surface area contributed by atoms with Crippen molar-refractivity contribution < 1.29 is 19.4 Å². The molecule has 1 atom stereocenters. The molecule has 2 N–H and O–H groups in total. The third-order valence-electron chi connectivity index (χ3n) is 2.64. The van der Waals surface area contributed by atoms with Crippen LogP contribution in [0.5, 0.6) is 0 Å². The molecule has 5 heteroatoms. The Morgan fingerprint density at radius 3 is 2.60 bits per heavy atom. The minimum absolute atomic E-state index is 0.0324. The molecule has 0 spiro atoms. The number of amides is 1. The lowest BCUT2D eigenvalue weighted by Gasteiger charge is -2.13. The first-order valence-electron chi connectivity index (χ1n) is 6.37. The maximum Gasteiger partial charge on any atom is 0.307 e. The van der Waals surface area contributed by atoms with Gasteiger partial charge in [-0.15, -0.1) is 6.58 Å². The van der Waals surface area contributed by atoms with Gasteiger partial charge in [-0.25, -0.2) is 0 Å². The van der Waals surface area contributed by atoms with E-state index in [1.54, 1.807) is 37.3 Å². The molecule has 1 rings (SSSR count). The van der Waals surface area contributed by atoms with E-state index in [1.165, 1.54) is 0 Å². The molecular weight excluding hydrogens is 258 g/mol. The minimum Gasteiger partial charge on any atom is -0.481 e. The van der Waals surface area contributed by atoms with Crippen molar-refractivity contribution in [2.75, 3.05) is 11.9 Å². The van der Waals surface area contributed by atoms with Crippen LogP contribution in [0.15, 0.2) is 36.9 Å². The van der Waals surface area contributed by atoms with Gasteiger partial charge >= 0.3 is 5.97 Å². The van der Waals surface area contributed by atoms with E-state index < -0.39 is 12.1 Å². The van der Waals surface area contributed by atoms with E-state index in [2.05, 4.69) is 11.9 Å². The van der Waals surface area contributed by atoms with Crippen LogP contribution in [0.2, 0.25) is 0 Å². The number of carbonyl (C=O) groups is 2. The first-order chi connectivity index (χ1) is 9.52. The number of ether oxygens (including phenoxy) is 1. The maximum atomic E-state index is 11.8. The molecule has 1 unspecified atom stereocenters. The zero-order valence-electron chi connectivity index (χ0n) is 11.5. The van der Waals surface area contributed by atoms with E-state index in [-0.39, 0.29) is 12.3 Å². The number of aliphatic carboxylic acids is 1. The number of rotatable bonds is 8. The van der Waals surface area contributed by atoms with Gasteiger partial charge in [0, 0.05) is 5.69 Å². The number of nitrogens with one attached hydrogen (secondary N) is 1. The summed E-state index contributed by atoms with van der Waals surface area (Å²) >= 11 is 0. The van der Waals surface area contributed by atoms with Crippen LogP contribution in [-0.4, -0.2) is 29.7 Å². The molecule has 5 nitrogen and oxygen atoms in total. The minimum atomic E-state index is -0.883. The Bertz CT molecular complexity index is 467. The molecule has 0 aliphatic heterocycles. The molecule has 0 aromatic heterocycles. The number of carboxylic acids is 1. The largest absolute Gasteiger partial charge is 0.481 e. The molecule has 0 heterocycles. The van der Waals surface area contributed by atoms with Crippen molar-refractivity contribution in [1.82, 2.24) is 0 Å². The zero-order valence-corrected chi connectivity index (χ0v) is 11.5. The summed E-state index contributed by atoms with van der Waals surface area (Å²) in [4.78, 5) is 22.4. The second-order valence-electron chi connectivity index (χ2n) is 4.35. The molecule has 0 bridgehead atoms. The average molecular weight is 277 g/mol. The third-order valence-corrected chi connectivity index (χ3v) is 2.64. The lowest BCUT2D eigenvalue weighted by atomic mass is 10.1. The molecule has 0 saturated heterocycles. The summed E-state index contributed by atoms with van der Waals surface area (Å²) < 4.78 is 5.33. The highest BCUT2D eigenvalue weighted by atomic mass is 16.5. The standard InChI is InChI=1S/C15H19NO4/c1-3-4-9-20-11(2)15(19)16-13-7-5-12(6-8-13)10-14(17)18/h3,5-8,11H,1,4,9-10H2,2H3,(H,16,19)(H,17,18). The normalized spacial score (nSPS) is 11.7. The fraction of sp³-hybridized carbons (Fsp3) is 0.333. The first-order valence-corrected chi connectivity index (χ1v) is 6.37. The van der Waals surface area contributed by atoms with E-state index in [1.807, 2.05) is 0 Å². The zero-order chi connectivity index (χ0) is 15.0. The summed E-state index contributed by atoms with van der Waals surface area (Å²) in [5.74, 6) is -1.12. The Kier molecular flexibility index (Phi) is 6.46. The molecule has 1 aromatic carbocycles. The summed E-state index contributed by atoms with van der Waals surface area (Å²) in [6.07, 6.45) is 1.84. The second kappa shape index (κ2) is 8.12. The van der Waals surface area contributed by atoms with Crippen LogP contribution in [0.3, 0.4) is 0 Å². The molecule has 1 aromatic rings. The summed E-state index contributed by atoms with van der Waals surface area (Å²) in [6.45, 7) is 5.71. The molecule has 0 fully saturated rings. The van der Waals surface area contributed by atoms with Crippen LogP contribution < -0.4 is 5.32 Å². The van der Waals surface area contributed by atoms with Crippen LogP contribution in [0.25, 0.3) is 0 Å². The topological polar surface area (TPSA) is 75.6 Å². The predicted molar refractivity (Wildman–Crippen MR) is 76.6 cm³/mol. The van der Waals surface area contributed by atoms with Gasteiger partial charge in [0.25, 0.3) is 5.91 Å². The number of benzene rings is 1. The first kappa shape index (κ1) is 15.9. The van der Waals surface area contributed by atoms with Gasteiger partial charge in [0.2, 0.25) is 0 Å². The van der Waals surface area contributed by atoms with E-state index in [0.29, 0.717) is 24.3 Å². The highest BCUT2D eigenvalue weighted by molar-refractivity contribution is 5.93. The monoisotopic (exact) mass is 277 g/mol. The van der Waals surface area contributed by atoms with Crippen LogP contribution in [0, 0.1) is 0 Å². The van der Waals surface area contributed by atoms with E-state index in [4.69, 9.17) is 9.84 Å². The smallest absolute Gasteiger partial charge is 0.307 e. The van der Waals surface area contributed by atoms with Crippen LogP contribution >= 0.6 is 0 Å². The Hall–Kier alpha value is -2.14. The van der Waals surface area contributed by atoms with Crippen molar-refractivity contribution in [2.45, 2.75) is 25.9 Å². The summed E-state index contributed by atoms with van der Waals surface area (Å²) in [6, 6.07) is 6.69. The van der Waals surface area contributed by atoms with Crippen molar-refractivity contribution in [2.24, 2.45) is 0 Å². The highest BCUT2D eigenvalue weighted by Crippen LogP contribution is 2.11. The van der Waals surface area contributed by atoms with E-state index >= 15 is 0 Å². The number of carboxylic acid groups (broad SMARTS) is 1. The van der Waals surface area contributed by atoms with Crippen LogP contribution in [-0.2, 0) is 20.7 Å². The number of hydrogen-bond donors (Lipinski definition) is 2. The lowest BCUT2D eigenvalue weighted by molar-refractivity contribution is -0.136. The molecule has 0 saturated carbocycles. The molecule has 0 aliphatic carbocycles. The van der Waals surface area contributed by atoms with Gasteiger partial charge in [-0.2, -0.15) is 0 Å². The Balaban J connectivity index is 2.48. The molecule has 1 amide bonds. The summed E-state index contributed by atoms with van der Waals surface area (Å²) in [5.41, 5.74) is 1.30. The molecule has 0 radical (unpaired) electrons. The fourth-order valence-corrected chi connectivity index (χ4v) is 1.53. The summed E-state index contributed by atoms with van der Waals surface area (Å²) in [7, 11) is 0.